The fraction of sp³-hybridized carbons (Fsp3) is 0.304. The van der Waals surface area contributed by atoms with Crippen LogP contribution >= 0.6 is 11.3 Å². The standard InChI is InChI=1S/C23H22F2S/c1-15-6-8-17(9-7-15)18-13-20(24)23(21(25)14-18)22-11-10-19(26-22)12-16-4-2-3-5-16/h6-11,13-14,16H,2-5,12H2,1H3. The number of halogens is 2. The molecule has 1 aliphatic rings. The van der Waals surface area contributed by atoms with Crippen LogP contribution in [0, 0.1) is 24.5 Å². The monoisotopic (exact) mass is 368 g/mol. The second-order valence-electron chi connectivity index (χ2n) is 7.30. The van der Waals surface area contributed by atoms with Crippen molar-refractivity contribution in [1.29, 1.82) is 0 Å². The molecule has 1 heterocycles. The fourth-order valence-electron chi connectivity index (χ4n) is 3.84. The molecular weight excluding hydrogens is 346 g/mol. The lowest BCUT2D eigenvalue weighted by molar-refractivity contribution is 0.551. The van der Waals surface area contributed by atoms with E-state index in [0.717, 1.165) is 23.5 Å². The number of aryl methyl sites for hydroxylation is 1. The SMILES string of the molecule is Cc1ccc(-c2cc(F)c(-c3ccc(CC4CCCC4)s3)c(F)c2)cc1. The highest BCUT2D eigenvalue weighted by atomic mass is 32.1. The normalized spacial score (nSPS) is 14.9. The van der Waals surface area contributed by atoms with Gasteiger partial charge in [-0.15, -0.1) is 11.3 Å². The molecule has 0 saturated heterocycles. The number of rotatable bonds is 4. The summed E-state index contributed by atoms with van der Waals surface area (Å²) in [6, 6.07) is 14.5. The van der Waals surface area contributed by atoms with Gasteiger partial charge >= 0.3 is 0 Å². The van der Waals surface area contributed by atoms with Gasteiger partial charge in [0.05, 0.1) is 5.56 Å². The molecule has 0 atom stereocenters. The van der Waals surface area contributed by atoms with Crippen molar-refractivity contribution in [2.24, 2.45) is 5.92 Å². The Morgan fingerprint density at radius 2 is 1.54 bits per heavy atom. The minimum absolute atomic E-state index is 0.100. The minimum Gasteiger partial charge on any atom is -0.206 e. The van der Waals surface area contributed by atoms with E-state index in [9.17, 15) is 8.78 Å². The van der Waals surface area contributed by atoms with Gasteiger partial charge in [-0.3, -0.25) is 0 Å². The molecule has 1 aromatic heterocycles. The first-order chi connectivity index (χ1) is 12.6. The first kappa shape index (κ1) is 17.4. The second kappa shape index (κ2) is 7.32. The highest BCUT2D eigenvalue weighted by Crippen LogP contribution is 2.37. The van der Waals surface area contributed by atoms with Crippen LogP contribution in [0.1, 0.15) is 36.1 Å². The molecule has 0 N–H and O–H groups in total. The van der Waals surface area contributed by atoms with Gasteiger partial charge in [0, 0.05) is 9.75 Å². The second-order valence-corrected chi connectivity index (χ2v) is 8.47. The van der Waals surface area contributed by atoms with Gasteiger partial charge in [0.25, 0.3) is 0 Å². The van der Waals surface area contributed by atoms with E-state index in [2.05, 4.69) is 0 Å². The van der Waals surface area contributed by atoms with Crippen LogP contribution in [0.25, 0.3) is 21.6 Å². The largest absolute Gasteiger partial charge is 0.206 e. The summed E-state index contributed by atoms with van der Waals surface area (Å²) in [7, 11) is 0. The van der Waals surface area contributed by atoms with E-state index in [4.69, 9.17) is 0 Å². The Hall–Kier alpha value is -2.00. The molecule has 1 saturated carbocycles. The van der Waals surface area contributed by atoms with Crippen LogP contribution < -0.4 is 0 Å². The average molecular weight is 368 g/mol. The lowest BCUT2D eigenvalue weighted by Gasteiger charge is -2.08. The van der Waals surface area contributed by atoms with E-state index in [1.54, 1.807) is 0 Å². The Balaban J connectivity index is 1.62. The molecule has 0 bridgehead atoms. The van der Waals surface area contributed by atoms with Crippen LogP contribution in [-0.2, 0) is 6.42 Å². The molecule has 3 heteroatoms. The van der Waals surface area contributed by atoms with Crippen molar-refractivity contribution < 1.29 is 8.78 Å². The Labute approximate surface area is 157 Å². The molecule has 2 aromatic carbocycles. The Kier molecular flexibility index (Phi) is 4.90. The van der Waals surface area contributed by atoms with Crippen LogP contribution in [-0.4, -0.2) is 0 Å². The summed E-state index contributed by atoms with van der Waals surface area (Å²) >= 11 is 1.52. The zero-order valence-corrected chi connectivity index (χ0v) is 15.7. The molecular formula is C23H22F2S. The maximum Gasteiger partial charge on any atom is 0.135 e. The first-order valence-electron chi connectivity index (χ1n) is 9.25. The van der Waals surface area contributed by atoms with E-state index < -0.39 is 11.6 Å². The summed E-state index contributed by atoms with van der Waals surface area (Å²) in [4.78, 5) is 1.91. The van der Waals surface area contributed by atoms with Crippen molar-refractivity contribution in [1.82, 2.24) is 0 Å². The summed E-state index contributed by atoms with van der Waals surface area (Å²) in [6.07, 6.45) is 6.22. The molecule has 0 amide bonds. The number of thiophene rings is 1. The van der Waals surface area contributed by atoms with Crippen LogP contribution in [0.2, 0.25) is 0 Å². The average Bonchev–Trinajstić information content (AvgIpc) is 3.28. The Morgan fingerprint density at radius 1 is 0.885 bits per heavy atom. The molecule has 3 aromatic rings. The lowest BCUT2D eigenvalue weighted by Crippen LogP contribution is -1.95. The van der Waals surface area contributed by atoms with Gasteiger partial charge in [0.1, 0.15) is 11.6 Å². The van der Waals surface area contributed by atoms with Crippen molar-refractivity contribution in [3.05, 3.63) is 70.6 Å². The van der Waals surface area contributed by atoms with Gasteiger partial charge in [0.2, 0.25) is 0 Å². The lowest BCUT2D eigenvalue weighted by atomic mass is 10.0. The molecule has 4 rings (SSSR count). The summed E-state index contributed by atoms with van der Waals surface area (Å²) in [5.41, 5.74) is 2.63. The van der Waals surface area contributed by atoms with Crippen molar-refractivity contribution in [3.8, 4) is 21.6 Å². The third-order valence-electron chi connectivity index (χ3n) is 5.30. The van der Waals surface area contributed by atoms with Gasteiger partial charge < -0.3 is 0 Å². The van der Waals surface area contributed by atoms with Crippen molar-refractivity contribution in [2.45, 2.75) is 39.0 Å². The van der Waals surface area contributed by atoms with Crippen LogP contribution in [0.15, 0.2) is 48.5 Å². The van der Waals surface area contributed by atoms with Gasteiger partial charge in [0.15, 0.2) is 0 Å². The van der Waals surface area contributed by atoms with E-state index in [1.165, 1.54) is 54.0 Å². The van der Waals surface area contributed by atoms with Crippen LogP contribution in [0.5, 0.6) is 0 Å². The van der Waals surface area contributed by atoms with Crippen molar-refractivity contribution in [3.63, 3.8) is 0 Å². The molecule has 1 fully saturated rings. The quantitative estimate of drug-likeness (QED) is 0.450. The highest BCUT2D eigenvalue weighted by molar-refractivity contribution is 7.15. The van der Waals surface area contributed by atoms with E-state index in [-0.39, 0.29) is 5.56 Å². The molecule has 0 spiro atoms. The van der Waals surface area contributed by atoms with E-state index in [0.29, 0.717) is 10.4 Å². The minimum atomic E-state index is -0.491. The molecule has 0 aliphatic heterocycles. The zero-order valence-electron chi connectivity index (χ0n) is 14.9. The van der Waals surface area contributed by atoms with E-state index in [1.807, 2.05) is 43.3 Å². The number of hydrogen-bond acceptors (Lipinski definition) is 1. The summed E-state index contributed by atoms with van der Waals surface area (Å²) < 4.78 is 29.5. The number of benzene rings is 2. The Bertz CT molecular complexity index is 879. The molecule has 26 heavy (non-hydrogen) atoms. The summed E-state index contributed by atoms with van der Waals surface area (Å²) in [5.74, 6) is -0.246. The molecule has 0 radical (unpaired) electrons. The molecule has 0 nitrogen and oxygen atoms in total. The van der Waals surface area contributed by atoms with Gasteiger partial charge in [-0.25, -0.2) is 8.78 Å². The predicted molar refractivity (Wildman–Crippen MR) is 106 cm³/mol. The van der Waals surface area contributed by atoms with Crippen molar-refractivity contribution >= 4 is 11.3 Å². The topological polar surface area (TPSA) is 0 Å². The van der Waals surface area contributed by atoms with Gasteiger partial charge in [-0.05, 0) is 54.7 Å². The highest BCUT2D eigenvalue weighted by Gasteiger charge is 2.19. The molecule has 1 aliphatic carbocycles. The first-order valence-corrected chi connectivity index (χ1v) is 10.1. The Morgan fingerprint density at radius 3 is 2.19 bits per heavy atom. The summed E-state index contributed by atoms with van der Waals surface area (Å²) in [6.45, 7) is 1.99. The maximum absolute atomic E-state index is 14.7. The third kappa shape index (κ3) is 3.59. The maximum atomic E-state index is 14.7. The van der Waals surface area contributed by atoms with Gasteiger partial charge in [-0.1, -0.05) is 55.5 Å². The molecule has 0 unspecified atom stereocenters. The number of hydrogen-bond donors (Lipinski definition) is 0. The third-order valence-corrected chi connectivity index (χ3v) is 6.42. The smallest absolute Gasteiger partial charge is 0.135 e. The van der Waals surface area contributed by atoms with Gasteiger partial charge in [-0.2, -0.15) is 0 Å². The summed E-state index contributed by atoms with van der Waals surface area (Å²) in [5, 5.41) is 0. The van der Waals surface area contributed by atoms with Crippen LogP contribution in [0.3, 0.4) is 0 Å². The van der Waals surface area contributed by atoms with Crippen LogP contribution in [0.4, 0.5) is 8.78 Å². The molecule has 134 valence electrons. The fourth-order valence-corrected chi connectivity index (χ4v) is 5.01. The van der Waals surface area contributed by atoms with Crippen molar-refractivity contribution in [2.75, 3.05) is 0 Å². The van der Waals surface area contributed by atoms with E-state index >= 15 is 0 Å². The predicted octanol–water partition coefficient (Wildman–Crippen LogP) is 7.40. The zero-order chi connectivity index (χ0) is 18.1.